The molecule has 0 aromatic heterocycles. The minimum atomic E-state index is 0.0234. The minimum absolute atomic E-state index is 0.0234. The van der Waals surface area contributed by atoms with Crippen molar-refractivity contribution in [2.75, 3.05) is 11.6 Å². The van der Waals surface area contributed by atoms with E-state index in [0.29, 0.717) is 17.4 Å². The van der Waals surface area contributed by atoms with Crippen LogP contribution in [-0.2, 0) is 4.79 Å². The highest BCUT2D eigenvalue weighted by Crippen LogP contribution is 2.29. The SMILES string of the molecule is CSc1ccc(NC(=O)C[C@@H]2CCC[C@H]2N)cc1Cl. The van der Waals surface area contributed by atoms with E-state index in [1.165, 1.54) is 0 Å². The fourth-order valence-corrected chi connectivity index (χ4v) is 3.38. The van der Waals surface area contributed by atoms with Crippen molar-refractivity contribution in [3.05, 3.63) is 23.2 Å². The van der Waals surface area contributed by atoms with Crippen LogP contribution in [0.25, 0.3) is 0 Å². The van der Waals surface area contributed by atoms with E-state index in [1.807, 2.05) is 18.4 Å². The fraction of sp³-hybridized carbons (Fsp3) is 0.500. The summed E-state index contributed by atoms with van der Waals surface area (Å²) >= 11 is 7.70. The molecule has 3 N–H and O–H groups in total. The lowest BCUT2D eigenvalue weighted by atomic mass is 10.00. The van der Waals surface area contributed by atoms with E-state index in [2.05, 4.69) is 5.32 Å². The number of benzene rings is 1. The maximum absolute atomic E-state index is 12.0. The lowest BCUT2D eigenvalue weighted by Gasteiger charge is -2.15. The zero-order valence-electron chi connectivity index (χ0n) is 11.0. The van der Waals surface area contributed by atoms with Gasteiger partial charge < -0.3 is 11.1 Å². The topological polar surface area (TPSA) is 55.1 Å². The number of amides is 1. The van der Waals surface area contributed by atoms with Crippen LogP contribution in [-0.4, -0.2) is 18.2 Å². The average molecular weight is 299 g/mol. The van der Waals surface area contributed by atoms with E-state index in [4.69, 9.17) is 17.3 Å². The van der Waals surface area contributed by atoms with Crippen molar-refractivity contribution < 1.29 is 4.79 Å². The molecular formula is C14H19ClN2OS. The second-order valence-electron chi connectivity index (χ2n) is 4.96. The average Bonchev–Trinajstić information content (AvgIpc) is 2.75. The van der Waals surface area contributed by atoms with Gasteiger partial charge in [0.25, 0.3) is 0 Å². The Hall–Kier alpha value is -0.710. The van der Waals surface area contributed by atoms with Gasteiger partial charge >= 0.3 is 0 Å². The van der Waals surface area contributed by atoms with Gasteiger partial charge in [-0.15, -0.1) is 11.8 Å². The molecule has 1 amide bonds. The van der Waals surface area contributed by atoms with Gasteiger partial charge in [-0.05, 0) is 43.2 Å². The number of hydrogen-bond donors (Lipinski definition) is 2. The van der Waals surface area contributed by atoms with Crippen molar-refractivity contribution in [3.8, 4) is 0 Å². The number of nitrogens with one attached hydrogen (secondary N) is 1. The zero-order valence-corrected chi connectivity index (χ0v) is 12.6. The summed E-state index contributed by atoms with van der Waals surface area (Å²) in [5.41, 5.74) is 6.73. The van der Waals surface area contributed by atoms with E-state index < -0.39 is 0 Å². The predicted octanol–water partition coefficient (Wildman–Crippen LogP) is 3.52. The smallest absolute Gasteiger partial charge is 0.224 e. The largest absolute Gasteiger partial charge is 0.327 e. The summed E-state index contributed by atoms with van der Waals surface area (Å²) in [6.45, 7) is 0. The van der Waals surface area contributed by atoms with Crippen molar-refractivity contribution in [3.63, 3.8) is 0 Å². The monoisotopic (exact) mass is 298 g/mol. The Kier molecular flexibility index (Phi) is 5.13. The molecule has 0 heterocycles. The molecular weight excluding hydrogens is 280 g/mol. The Morgan fingerprint density at radius 2 is 2.32 bits per heavy atom. The van der Waals surface area contributed by atoms with Crippen LogP contribution in [0.15, 0.2) is 23.1 Å². The number of thioether (sulfide) groups is 1. The molecule has 1 aliphatic carbocycles. The van der Waals surface area contributed by atoms with Gasteiger partial charge in [-0.1, -0.05) is 18.0 Å². The highest BCUT2D eigenvalue weighted by atomic mass is 35.5. The maximum atomic E-state index is 12.0. The third kappa shape index (κ3) is 3.88. The molecule has 19 heavy (non-hydrogen) atoms. The Balaban J connectivity index is 1.93. The summed E-state index contributed by atoms with van der Waals surface area (Å²) in [5, 5.41) is 3.56. The third-order valence-electron chi connectivity index (χ3n) is 3.60. The number of halogens is 1. The number of rotatable bonds is 4. The zero-order chi connectivity index (χ0) is 13.8. The van der Waals surface area contributed by atoms with Crippen molar-refractivity contribution in [1.82, 2.24) is 0 Å². The van der Waals surface area contributed by atoms with Crippen LogP contribution in [0.5, 0.6) is 0 Å². The molecule has 1 aromatic carbocycles. The number of nitrogens with two attached hydrogens (primary N) is 1. The van der Waals surface area contributed by atoms with Crippen molar-refractivity contribution in [2.24, 2.45) is 11.7 Å². The second-order valence-corrected chi connectivity index (χ2v) is 6.21. The molecule has 2 rings (SSSR count). The standard InChI is InChI=1S/C14H19ClN2OS/c1-19-13-6-5-10(8-11(13)15)17-14(18)7-9-3-2-4-12(9)16/h5-6,8-9,12H,2-4,7,16H2,1H3,(H,17,18)/t9-,12+/m0/s1. The summed E-state index contributed by atoms with van der Waals surface area (Å²) < 4.78 is 0. The number of anilines is 1. The molecule has 2 atom stereocenters. The van der Waals surface area contributed by atoms with Crippen molar-refractivity contribution in [1.29, 1.82) is 0 Å². The van der Waals surface area contributed by atoms with Crippen LogP contribution in [0.1, 0.15) is 25.7 Å². The molecule has 0 radical (unpaired) electrons. The van der Waals surface area contributed by atoms with E-state index in [0.717, 1.165) is 29.8 Å². The Labute approximate surface area is 123 Å². The van der Waals surface area contributed by atoms with Gasteiger partial charge in [0.05, 0.1) is 5.02 Å². The molecule has 0 unspecified atom stereocenters. The van der Waals surface area contributed by atoms with E-state index in [-0.39, 0.29) is 11.9 Å². The van der Waals surface area contributed by atoms with Crippen LogP contribution in [0.4, 0.5) is 5.69 Å². The van der Waals surface area contributed by atoms with Gasteiger partial charge in [0.1, 0.15) is 0 Å². The molecule has 1 fully saturated rings. The number of carbonyl (C=O) groups excluding carboxylic acids is 1. The molecule has 0 saturated heterocycles. The van der Waals surface area contributed by atoms with Crippen molar-refractivity contribution >= 4 is 35.0 Å². The Morgan fingerprint density at radius 1 is 1.53 bits per heavy atom. The van der Waals surface area contributed by atoms with Gasteiger partial charge in [0.2, 0.25) is 5.91 Å². The molecule has 0 aliphatic heterocycles. The summed E-state index contributed by atoms with van der Waals surface area (Å²) in [5.74, 6) is 0.344. The molecule has 5 heteroatoms. The molecule has 104 valence electrons. The first-order valence-electron chi connectivity index (χ1n) is 6.49. The predicted molar refractivity (Wildman–Crippen MR) is 81.8 cm³/mol. The highest BCUT2D eigenvalue weighted by Gasteiger charge is 2.26. The van der Waals surface area contributed by atoms with Crippen LogP contribution in [0.2, 0.25) is 5.02 Å². The van der Waals surface area contributed by atoms with Gasteiger partial charge in [0, 0.05) is 23.0 Å². The first-order valence-corrected chi connectivity index (χ1v) is 8.09. The summed E-state index contributed by atoms with van der Waals surface area (Å²) in [4.78, 5) is 13.0. The van der Waals surface area contributed by atoms with E-state index >= 15 is 0 Å². The molecule has 1 aliphatic rings. The fourth-order valence-electron chi connectivity index (χ4n) is 2.51. The third-order valence-corrected chi connectivity index (χ3v) is 4.82. The minimum Gasteiger partial charge on any atom is -0.327 e. The van der Waals surface area contributed by atoms with Gasteiger partial charge in [-0.2, -0.15) is 0 Å². The first-order chi connectivity index (χ1) is 9.10. The Bertz CT molecular complexity index is 467. The van der Waals surface area contributed by atoms with Crippen LogP contribution in [0.3, 0.4) is 0 Å². The van der Waals surface area contributed by atoms with Gasteiger partial charge in [-0.25, -0.2) is 0 Å². The molecule has 0 spiro atoms. The van der Waals surface area contributed by atoms with E-state index in [1.54, 1.807) is 17.8 Å². The summed E-state index contributed by atoms with van der Waals surface area (Å²) in [6, 6.07) is 5.77. The van der Waals surface area contributed by atoms with Crippen LogP contribution in [0, 0.1) is 5.92 Å². The van der Waals surface area contributed by atoms with E-state index in [9.17, 15) is 4.79 Å². The Morgan fingerprint density at radius 3 is 2.89 bits per heavy atom. The quantitative estimate of drug-likeness (QED) is 0.836. The van der Waals surface area contributed by atoms with Crippen LogP contribution >= 0.6 is 23.4 Å². The maximum Gasteiger partial charge on any atom is 0.224 e. The molecule has 0 bridgehead atoms. The van der Waals surface area contributed by atoms with Crippen molar-refractivity contribution in [2.45, 2.75) is 36.6 Å². The number of hydrogen-bond acceptors (Lipinski definition) is 3. The normalized spacial score (nSPS) is 22.5. The second kappa shape index (κ2) is 6.64. The van der Waals surface area contributed by atoms with Crippen LogP contribution < -0.4 is 11.1 Å². The number of carbonyl (C=O) groups is 1. The molecule has 1 saturated carbocycles. The summed E-state index contributed by atoms with van der Waals surface area (Å²) in [6.07, 6.45) is 5.70. The van der Waals surface area contributed by atoms with Gasteiger partial charge in [0.15, 0.2) is 0 Å². The van der Waals surface area contributed by atoms with Gasteiger partial charge in [-0.3, -0.25) is 4.79 Å². The molecule has 1 aromatic rings. The summed E-state index contributed by atoms with van der Waals surface area (Å²) in [7, 11) is 0. The highest BCUT2D eigenvalue weighted by molar-refractivity contribution is 7.98. The lowest BCUT2D eigenvalue weighted by molar-refractivity contribution is -0.117. The lowest BCUT2D eigenvalue weighted by Crippen LogP contribution is -2.28. The first kappa shape index (κ1) is 14.7. The molecule has 3 nitrogen and oxygen atoms in total.